The zero-order valence-corrected chi connectivity index (χ0v) is 22.6. The zero-order chi connectivity index (χ0) is 26.4. The summed E-state index contributed by atoms with van der Waals surface area (Å²) in [6.45, 7) is 10.7. The molecule has 2 heterocycles. The topological polar surface area (TPSA) is 133 Å². The number of carbonyl (C=O) groups is 4. The first-order chi connectivity index (χ1) is 16.3. The minimum atomic E-state index is -1.05. The highest BCUT2D eigenvalue weighted by Crippen LogP contribution is 2.38. The van der Waals surface area contributed by atoms with Gasteiger partial charge in [0.25, 0.3) is 0 Å². The van der Waals surface area contributed by atoms with Crippen molar-refractivity contribution in [2.24, 2.45) is 17.8 Å². The van der Waals surface area contributed by atoms with E-state index in [-0.39, 0.29) is 25.0 Å². The molecular weight excluding hydrogens is 532 g/mol. The molecule has 0 unspecified atom stereocenters. The van der Waals surface area contributed by atoms with E-state index in [1.54, 1.807) is 0 Å². The molecule has 0 amide bonds. The Morgan fingerprint density at radius 1 is 0.657 bits per heavy atom. The summed E-state index contributed by atoms with van der Waals surface area (Å²) >= 11 is 3.38. The van der Waals surface area contributed by atoms with Gasteiger partial charge in [0, 0.05) is 39.5 Å². The lowest BCUT2D eigenvalue weighted by atomic mass is 9.83. The highest BCUT2D eigenvalue weighted by atomic mass is 79.9. The average molecular weight is 567 g/mol. The van der Waals surface area contributed by atoms with Crippen LogP contribution < -0.4 is 0 Å². The number of ether oxygens (including phenoxy) is 7. The van der Waals surface area contributed by atoms with Crippen LogP contribution in [0.5, 0.6) is 0 Å². The van der Waals surface area contributed by atoms with E-state index < -0.39 is 71.6 Å². The highest BCUT2D eigenvalue weighted by molar-refractivity contribution is 9.09. The van der Waals surface area contributed by atoms with Gasteiger partial charge in [-0.3, -0.25) is 19.2 Å². The fourth-order valence-electron chi connectivity index (χ4n) is 4.25. The molecule has 2 aliphatic rings. The molecule has 0 N–H and O–H groups in total. The summed E-state index contributed by atoms with van der Waals surface area (Å²) in [5, 5.41) is -0.672. The van der Waals surface area contributed by atoms with Crippen molar-refractivity contribution in [1.82, 2.24) is 0 Å². The third-order valence-electron chi connectivity index (χ3n) is 6.27. The molecule has 0 aliphatic carbocycles. The van der Waals surface area contributed by atoms with Crippen molar-refractivity contribution in [2.75, 3.05) is 13.2 Å². The van der Waals surface area contributed by atoms with Gasteiger partial charge in [-0.05, 0) is 5.92 Å². The van der Waals surface area contributed by atoms with Gasteiger partial charge >= 0.3 is 23.9 Å². The van der Waals surface area contributed by atoms with Gasteiger partial charge in [-0.15, -0.1) is 0 Å². The van der Waals surface area contributed by atoms with Crippen molar-refractivity contribution in [3.63, 3.8) is 0 Å². The SMILES string of the molecule is CC(=O)OC[C@H]1O[C@@H](O[C@H]2[C@H](C)[C@@H](OC(C)=O)[C@@H](Br)O[C@@H]2COC(C)=O)[C@H](OC(C)=O)[C@@H](C)[C@H]1C. The first kappa shape index (κ1) is 29.5. The average Bonchev–Trinajstić information content (AvgIpc) is 2.75. The fraction of sp³-hybridized carbons (Fsp3) is 0.826. The number of hydrogen-bond acceptors (Lipinski definition) is 11. The van der Waals surface area contributed by atoms with Gasteiger partial charge in [0.15, 0.2) is 12.4 Å². The molecule has 2 saturated heterocycles. The van der Waals surface area contributed by atoms with E-state index in [4.69, 9.17) is 33.2 Å². The molecule has 2 rings (SSSR count). The van der Waals surface area contributed by atoms with E-state index in [9.17, 15) is 19.2 Å². The molecule has 0 aromatic carbocycles. The molecule has 0 spiro atoms. The minimum absolute atomic E-state index is 0.000630. The van der Waals surface area contributed by atoms with Crippen molar-refractivity contribution in [1.29, 1.82) is 0 Å². The summed E-state index contributed by atoms with van der Waals surface area (Å²) in [5.41, 5.74) is 0. The van der Waals surface area contributed by atoms with Gasteiger partial charge in [-0.1, -0.05) is 36.7 Å². The van der Waals surface area contributed by atoms with Crippen LogP contribution in [0.2, 0.25) is 0 Å². The third kappa shape index (κ3) is 8.12. The molecule has 10 atom stereocenters. The predicted molar refractivity (Wildman–Crippen MR) is 123 cm³/mol. The normalized spacial score (nSPS) is 37.1. The first-order valence-corrected chi connectivity index (χ1v) is 12.4. The number of esters is 4. The maximum atomic E-state index is 11.9. The molecule has 35 heavy (non-hydrogen) atoms. The Hall–Kier alpha value is -1.76. The van der Waals surface area contributed by atoms with Crippen LogP contribution in [0, 0.1) is 17.8 Å². The molecule has 2 fully saturated rings. The van der Waals surface area contributed by atoms with Gasteiger partial charge in [0.05, 0.1) is 12.2 Å². The molecule has 0 radical (unpaired) electrons. The Morgan fingerprint density at radius 2 is 1.17 bits per heavy atom. The van der Waals surface area contributed by atoms with Crippen LogP contribution in [0.15, 0.2) is 0 Å². The highest BCUT2D eigenvalue weighted by Gasteiger charge is 2.51. The monoisotopic (exact) mass is 566 g/mol. The van der Waals surface area contributed by atoms with Gasteiger partial charge in [0.1, 0.15) is 30.4 Å². The van der Waals surface area contributed by atoms with Crippen molar-refractivity contribution in [3.8, 4) is 0 Å². The number of carbonyl (C=O) groups excluding carboxylic acids is 4. The Labute approximate surface area is 213 Å². The molecule has 0 saturated carbocycles. The van der Waals surface area contributed by atoms with Crippen molar-refractivity contribution in [3.05, 3.63) is 0 Å². The van der Waals surface area contributed by atoms with Crippen LogP contribution in [0.25, 0.3) is 0 Å². The minimum Gasteiger partial charge on any atom is -0.463 e. The zero-order valence-electron chi connectivity index (χ0n) is 21.1. The third-order valence-corrected chi connectivity index (χ3v) is 7.01. The van der Waals surface area contributed by atoms with Gasteiger partial charge < -0.3 is 33.2 Å². The Bertz CT molecular complexity index is 771. The quantitative estimate of drug-likeness (QED) is 0.243. The summed E-state index contributed by atoms with van der Waals surface area (Å²) in [6.07, 6.45) is -4.57. The molecule has 2 aliphatic heterocycles. The summed E-state index contributed by atoms with van der Waals surface area (Å²) in [5.74, 6) is -2.72. The fourth-order valence-corrected chi connectivity index (χ4v) is 5.12. The molecule has 12 heteroatoms. The van der Waals surface area contributed by atoms with E-state index in [2.05, 4.69) is 15.9 Å². The maximum absolute atomic E-state index is 11.9. The number of rotatable bonds is 8. The molecule has 0 bridgehead atoms. The first-order valence-electron chi connectivity index (χ1n) is 11.5. The predicted octanol–water partition coefficient (Wildman–Crippen LogP) is 2.11. The second-order valence-corrected chi connectivity index (χ2v) is 9.90. The summed E-state index contributed by atoms with van der Waals surface area (Å²) in [4.78, 5) is 46.4. The summed E-state index contributed by atoms with van der Waals surface area (Å²) in [7, 11) is 0. The van der Waals surface area contributed by atoms with Crippen LogP contribution in [0.1, 0.15) is 48.5 Å². The second-order valence-electron chi connectivity index (χ2n) is 9.00. The van der Waals surface area contributed by atoms with Gasteiger partial charge in [-0.2, -0.15) is 0 Å². The maximum Gasteiger partial charge on any atom is 0.303 e. The molecule has 0 aromatic heterocycles. The van der Waals surface area contributed by atoms with Gasteiger partial charge in [0.2, 0.25) is 0 Å². The van der Waals surface area contributed by atoms with Crippen LogP contribution in [-0.2, 0) is 52.3 Å². The van der Waals surface area contributed by atoms with Crippen molar-refractivity contribution in [2.45, 2.75) is 90.3 Å². The molecule has 11 nitrogen and oxygen atoms in total. The molecule has 0 aromatic rings. The van der Waals surface area contributed by atoms with E-state index >= 15 is 0 Å². The van der Waals surface area contributed by atoms with Crippen LogP contribution in [0.4, 0.5) is 0 Å². The van der Waals surface area contributed by atoms with E-state index in [0.717, 1.165) is 0 Å². The lowest BCUT2D eigenvalue weighted by molar-refractivity contribution is -0.319. The lowest BCUT2D eigenvalue weighted by Gasteiger charge is -2.48. The van der Waals surface area contributed by atoms with Crippen molar-refractivity contribution < 1.29 is 52.3 Å². The standard InChI is InChI=1S/C23H35BrO11/c1-10-11(2)21(32-16(7)28)23(34-17(10)8-29-13(4)25)35-19-12(3)20(31-15(6)27)22(24)33-18(19)9-30-14(5)26/h10-12,17-23H,8-9H2,1-7H3/t10-,11+,12+,17-,18-,19+,20-,21-,22+,23+/m1/s1. The number of halogens is 1. The van der Waals surface area contributed by atoms with Crippen LogP contribution in [0.3, 0.4) is 0 Å². The summed E-state index contributed by atoms with van der Waals surface area (Å²) < 4.78 is 39.8. The Kier molecular flexibility index (Phi) is 10.9. The van der Waals surface area contributed by atoms with E-state index in [0.29, 0.717) is 0 Å². The smallest absolute Gasteiger partial charge is 0.303 e. The largest absolute Gasteiger partial charge is 0.463 e. The van der Waals surface area contributed by atoms with E-state index in [1.807, 2.05) is 20.8 Å². The molecular formula is C23H35BrO11. The second kappa shape index (κ2) is 13.0. The van der Waals surface area contributed by atoms with Gasteiger partial charge in [-0.25, -0.2) is 0 Å². The number of alkyl halides is 1. The lowest BCUT2D eigenvalue weighted by Crippen LogP contribution is -2.60. The molecule has 200 valence electrons. The summed E-state index contributed by atoms with van der Waals surface area (Å²) in [6, 6.07) is 0. The number of hydrogen-bond donors (Lipinski definition) is 0. The Morgan fingerprint density at radius 3 is 1.69 bits per heavy atom. The van der Waals surface area contributed by atoms with Crippen LogP contribution >= 0.6 is 15.9 Å². The van der Waals surface area contributed by atoms with Crippen LogP contribution in [-0.4, -0.2) is 78.9 Å². The van der Waals surface area contributed by atoms with Crippen molar-refractivity contribution >= 4 is 39.8 Å². The Balaban J connectivity index is 2.34. The van der Waals surface area contributed by atoms with E-state index in [1.165, 1.54) is 27.7 Å².